The van der Waals surface area contributed by atoms with Crippen molar-refractivity contribution < 1.29 is 19.4 Å². The number of benzene rings is 2. The number of hydrogen-bond acceptors (Lipinski definition) is 5. The Morgan fingerprint density at radius 2 is 1.92 bits per heavy atom. The van der Waals surface area contributed by atoms with Gasteiger partial charge in [-0.2, -0.15) is 5.10 Å². The lowest BCUT2D eigenvalue weighted by atomic mass is 10.2. The number of carboxylic acid groups (broad SMARTS) is 1. The van der Waals surface area contributed by atoms with Crippen LogP contribution in [0.15, 0.2) is 35.4 Å². The van der Waals surface area contributed by atoms with Crippen molar-refractivity contribution in [2.45, 2.75) is 0 Å². The zero-order chi connectivity index (χ0) is 17.7. The first-order valence-corrected chi connectivity index (χ1v) is 7.46. The number of hydrogen-bond donors (Lipinski definition) is 2. The quantitative estimate of drug-likeness (QED) is 0.591. The zero-order valence-electron chi connectivity index (χ0n) is 12.8. The summed E-state index contributed by atoms with van der Waals surface area (Å²) in [5.41, 5.74) is 3.96. The van der Waals surface area contributed by atoms with Crippen molar-refractivity contribution in [3.8, 4) is 11.5 Å². The molecule has 0 saturated heterocycles. The average Bonchev–Trinajstić information content (AvgIpc) is 2.55. The lowest BCUT2D eigenvalue weighted by Crippen LogP contribution is -1.99. The molecule has 0 spiro atoms. The zero-order valence-corrected chi connectivity index (χ0v) is 14.4. The van der Waals surface area contributed by atoms with Gasteiger partial charge in [0.25, 0.3) is 0 Å². The van der Waals surface area contributed by atoms with E-state index < -0.39 is 5.97 Å². The standard InChI is InChI=1S/C16H14Cl2N2O4/c1-23-14-10(7-12(17)15(24-2)13(14)18)8-19-20-11-5-3-4-9(6-11)16(21)22/h3-8,20H,1-2H3,(H,21,22)/b19-8+. The van der Waals surface area contributed by atoms with Gasteiger partial charge < -0.3 is 14.6 Å². The van der Waals surface area contributed by atoms with E-state index in [0.717, 1.165) is 0 Å². The number of methoxy groups -OCH3 is 2. The summed E-state index contributed by atoms with van der Waals surface area (Å²) in [4.78, 5) is 10.9. The molecule has 0 bridgehead atoms. The molecule has 0 fully saturated rings. The first-order chi connectivity index (χ1) is 11.5. The Morgan fingerprint density at radius 1 is 1.21 bits per heavy atom. The van der Waals surface area contributed by atoms with Gasteiger partial charge >= 0.3 is 5.97 Å². The molecule has 24 heavy (non-hydrogen) atoms. The van der Waals surface area contributed by atoms with Gasteiger partial charge in [-0.15, -0.1) is 0 Å². The van der Waals surface area contributed by atoms with E-state index in [9.17, 15) is 4.79 Å². The lowest BCUT2D eigenvalue weighted by Gasteiger charge is -2.12. The van der Waals surface area contributed by atoms with Crippen LogP contribution in [-0.2, 0) is 0 Å². The summed E-state index contributed by atoms with van der Waals surface area (Å²) in [5.74, 6) is -0.338. The molecule has 0 saturated carbocycles. The Bertz CT molecular complexity index is 794. The molecule has 0 radical (unpaired) electrons. The summed E-state index contributed by atoms with van der Waals surface area (Å²) >= 11 is 12.3. The van der Waals surface area contributed by atoms with Crippen LogP contribution in [0.4, 0.5) is 5.69 Å². The van der Waals surface area contributed by atoms with E-state index in [4.69, 9.17) is 37.8 Å². The van der Waals surface area contributed by atoms with Crippen molar-refractivity contribution in [2.75, 3.05) is 19.6 Å². The molecule has 0 amide bonds. The maximum atomic E-state index is 10.9. The van der Waals surface area contributed by atoms with Crippen molar-refractivity contribution in [1.82, 2.24) is 0 Å². The van der Waals surface area contributed by atoms with Crippen molar-refractivity contribution >= 4 is 41.1 Å². The monoisotopic (exact) mass is 368 g/mol. The topological polar surface area (TPSA) is 80.2 Å². The molecular weight excluding hydrogens is 355 g/mol. The van der Waals surface area contributed by atoms with E-state index in [2.05, 4.69) is 10.5 Å². The fourth-order valence-electron chi connectivity index (χ4n) is 1.99. The van der Waals surface area contributed by atoms with E-state index in [-0.39, 0.29) is 10.6 Å². The highest BCUT2D eigenvalue weighted by atomic mass is 35.5. The fourth-order valence-corrected chi connectivity index (χ4v) is 2.69. The molecule has 2 N–H and O–H groups in total. The van der Waals surface area contributed by atoms with E-state index in [1.807, 2.05) is 0 Å². The van der Waals surface area contributed by atoms with Gasteiger partial charge in [-0.25, -0.2) is 4.79 Å². The molecule has 0 aromatic heterocycles. The summed E-state index contributed by atoms with van der Waals surface area (Å²) in [6, 6.07) is 7.86. The Balaban J connectivity index is 2.26. The molecule has 0 aliphatic rings. The van der Waals surface area contributed by atoms with E-state index in [0.29, 0.717) is 27.8 Å². The van der Waals surface area contributed by atoms with Crippen LogP contribution >= 0.6 is 23.2 Å². The number of nitrogens with zero attached hydrogens (tertiary/aromatic N) is 1. The molecule has 0 aliphatic carbocycles. The summed E-state index contributed by atoms with van der Waals surface area (Å²) in [6.45, 7) is 0. The molecule has 2 rings (SSSR count). The smallest absolute Gasteiger partial charge is 0.335 e. The molecule has 0 aliphatic heterocycles. The van der Waals surface area contributed by atoms with Gasteiger partial charge in [0, 0.05) is 5.56 Å². The highest BCUT2D eigenvalue weighted by Gasteiger charge is 2.16. The third-order valence-electron chi connectivity index (χ3n) is 3.08. The molecule has 6 nitrogen and oxygen atoms in total. The minimum atomic E-state index is -1.02. The first-order valence-electron chi connectivity index (χ1n) is 6.70. The Labute approximate surface area is 148 Å². The lowest BCUT2D eigenvalue weighted by molar-refractivity contribution is 0.0697. The highest BCUT2D eigenvalue weighted by Crippen LogP contribution is 2.41. The van der Waals surface area contributed by atoms with E-state index in [1.54, 1.807) is 18.2 Å². The van der Waals surface area contributed by atoms with Crippen LogP contribution in [0.2, 0.25) is 10.0 Å². The van der Waals surface area contributed by atoms with Gasteiger partial charge in [-0.05, 0) is 24.3 Å². The molecule has 2 aromatic rings. The molecular formula is C16H14Cl2N2O4. The Kier molecular flexibility index (Phi) is 5.89. The molecule has 0 unspecified atom stereocenters. The average molecular weight is 369 g/mol. The van der Waals surface area contributed by atoms with Crippen LogP contribution in [0.5, 0.6) is 11.5 Å². The number of anilines is 1. The van der Waals surface area contributed by atoms with Crippen molar-refractivity contribution in [3.63, 3.8) is 0 Å². The Hall–Kier alpha value is -2.44. The fraction of sp³-hybridized carbons (Fsp3) is 0.125. The van der Waals surface area contributed by atoms with Gasteiger partial charge in [-0.3, -0.25) is 5.43 Å². The van der Waals surface area contributed by atoms with Crippen LogP contribution in [0.1, 0.15) is 15.9 Å². The molecule has 0 heterocycles. The number of ether oxygens (including phenoxy) is 2. The number of aromatic carboxylic acids is 1. The van der Waals surface area contributed by atoms with E-state index in [1.165, 1.54) is 32.6 Å². The predicted octanol–water partition coefficient (Wildman–Crippen LogP) is 4.15. The summed E-state index contributed by atoms with van der Waals surface area (Å²) < 4.78 is 10.4. The third-order valence-corrected chi connectivity index (χ3v) is 3.70. The van der Waals surface area contributed by atoms with Crippen molar-refractivity contribution in [1.29, 1.82) is 0 Å². The van der Waals surface area contributed by atoms with Gasteiger partial charge in [0.1, 0.15) is 10.8 Å². The van der Waals surface area contributed by atoms with Crippen LogP contribution in [-0.4, -0.2) is 31.5 Å². The van der Waals surface area contributed by atoms with Crippen LogP contribution < -0.4 is 14.9 Å². The summed E-state index contributed by atoms with van der Waals surface area (Å²) in [6.07, 6.45) is 1.46. The minimum Gasteiger partial charge on any atom is -0.494 e. The Morgan fingerprint density at radius 3 is 2.54 bits per heavy atom. The third kappa shape index (κ3) is 3.90. The number of nitrogens with one attached hydrogen (secondary N) is 1. The van der Waals surface area contributed by atoms with Gasteiger partial charge in [0.15, 0.2) is 5.75 Å². The summed E-state index contributed by atoms with van der Waals surface area (Å²) in [7, 11) is 2.92. The maximum Gasteiger partial charge on any atom is 0.335 e. The number of carbonyl (C=O) groups is 1. The largest absolute Gasteiger partial charge is 0.494 e. The molecule has 8 heteroatoms. The number of carboxylic acids is 1. The molecule has 0 atom stereocenters. The second-order valence-electron chi connectivity index (χ2n) is 4.58. The molecule has 2 aromatic carbocycles. The van der Waals surface area contributed by atoms with Crippen LogP contribution in [0, 0.1) is 0 Å². The first kappa shape index (κ1) is 17.9. The predicted molar refractivity (Wildman–Crippen MR) is 94.2 cm³/mol. The second-order valence-corrected chi connectivity index (χ2v) is 5.37. The van der Waals surface area contributed by atoms with Crippen LogP contribution in [0.25, 0.3) is 0 Å². The van der Waals surface area contributed by atoms with Gasteiger partial charge in [-0.1, -0.05) is 29.3 Å². The van der Waals surface area contributed by atoms with Crippen LogP contribution in [0.3, 0.4) is 0 Å². The minimum absolute atomic E-state index is 0.156. The maximum absolute atomic E-state index is 10.9. The van der Waals surface area contributed by atoms with Gasteiger partial charge in [0.2, 0.25) is 0 Å². The molecule has 126 valence electrons. The number of halogens is 2. The van der Waals surface area contributed by atoms with Gasteiger partial charge in [0.05, 0.1) is 36.7 Å². The summed E-state index contributed by atoms with van der Waals surface area (Å²) in [5, 5.41) is 13.6. The highest BCUT2D eigenvalue weighted by molar-refractivity contribution is 6.38. The SMILES string of the molecule is COc1c(Cl)cc(/C=N/Nc2cccc(C(=O)O)c2)c(OC)c1Cl. The second kappa shape index (κ2) is 7.90. The van der Waals surface area contributed by atoms with E-state index >= 15 is 0 Å². The number of rotatable bonds is 6. The van der Waals surface area contributed by atoms with Crippen molar-refractivity contribution in [3.05, 3.63) is 51.5 Å². The normalized spacial score (nSPS) is 10.7. The number of hydrazone groups is 1. The van der Waals surface area contributed by atoms with Crippen molar-refractivity contribution in [2.24, 2.45) is 5.10 Å².